The number of rotatable bonds is 10. The normalized spacial score (nSPS) is 12.2. The predicted octanol–water partition coefficient (Wildman–Crippen LogP) is 29.7. The number of hydrogen-bond donors (Lipinski definition) is 0. The fraction of sp³-hybridized carbons (Fsp3) is 0. The summed E-state index contributed by atoms with van der Waals surface area (Å²) in [6.45, 7) is 0. The van der Waals surface area contributed by atoms with E-state index < -0.39 is 0 Å². The van der Waals surface area contributed by atoms with Crippen molar-refractivity contribution >= 4 is 109 Å². The van der Waals surface area contributed by atoms with Gasteiger partial charge in [-0.2, -0.15) is 0 Å². The molecule has 0 spiro atoms. The Bertz CT molecular complexity index is 8050. The van der Waals surface area contributed by atoms with Gasteiger partial charge >= 0.3 is 0 Å². The summed E-state index contributed by atoms with van der Waals surface area (Å²) in [6, 6.07) is 150. The van der Waals surface area contributed by atoms with Crippen molar-refractivity contribution in [3.05, 3.63) is 400 Å². The lowest BCUT2D eigenvalue weighted by molar-refractivity contribution is 1.18. The maximum atomic E-state index is 2.52. The van der Waals surface area contributed by atoms with Gasteiger partial charge in [-0.15, -0.1) is 0 Å². The molecule has 0 fully saturated rings. The molecule has 114 heavy (non-hydrogen) atoms. The second kappa shape index (κ2) is 24.2. The second-order valence-corrected chi connectivity index (χ2v) is 30.9. The van der Waals surface area contributed by atoms with Gasteiger partial charge in [0, 0.05) is 65.5 Å². The third-order valence-electron chi connectivity index (χ3n) is 25.1. The van der Waals surface area contributed by atoms with E-state index in [0.29, 0.717) is 0 Å². The SMILES string of the molecule is c1ccc(-c2ccc(-c3cccc(-c4cccc(-n5c6ccccc6c6ccc(-c7ccc8c(c7)c7ccccc7n8-c7ccc(-c8ccc9c%10c(cccc8%10)-c8ccccc8-9)cc7)cc65)c4)c3)c3c2-c2ccc(-n4c5ccccc5c5cc(-c6ccc7c(c6)c6ccccc6n7-c6ccccc6)ccc54)c4cccc-3c24)cc1. The maximum Gasteiger partial charge on any atom is 0.0547 e. The van der Waals surface area contributed by atoms with Gasteiger partial charge in [-0.25, -0.2) is 0 Å². The van der Waals surface area contributed by atoms with Gasteiger partial charge in [-0.1, -0.05) is 285 Å². The van der Waals surface area contributed by atoms with Crippen LogP contribution >= 0.6 is 0 Å². The van der Waals surface area contributed by atoms with Crippen molar-refractivity contribution < 1.29 is 0 Å². The zero-order chi connectivity index (χ0) is 74.4. The van der Waals surface area contributed by atoms with E-state index in [1.807, 2.05) is 0 Å². The fourth-order valence-corrected chi connectivity index (χ4v) is 20.1. The monoisotopic (exact) mass is 1440 g/mol. The molecule has 2 aliphatic carbocycles. The largest absolute Gasteiger partial charge is 0.309 e. The Morgan fingerprint density at radius 1 is 0.132 bits per heavy atom. The zero-order valence-electron chi connectivity index (χ0n) is 61.9. The van der Waals surface area contributed by atoms with Crippen molar-refractivity contribution in [2.75, 3.05) is 0 Å². The van der Waals surface area contributed by atoms with E-state index in [4.69, 9.17) is 0 Å². The van der Waals surface area contributed by atoms with Crippen LogP contribution in [-0.2, 0) is 0 Å². The summed E-state index contributed by atoms with van der Waals surface area (Å²) in [4.78, 5) is 0. The molecule has 0 aliphatic heterocycles. The fourth-order valence-electron chi connectivity index (χ4n) is 20.1. The lowest BCUT2D eigenvalue weighted by atomic mass is 9.87. The first-order valence-electron chi connectivity index (χ1n) is 39.5. The molecule has 0 saturated carbocycles. The maximum absolute atomic E-state index is 2.52. The average Bonchev–Trinajstić information content (AvgIpc) is 1.54. The van der Waals surface area contributed by atoms with Crippen LogP contribution in [0.5, 0.6) is 0 Å². The van der Waals surface area contributed by atoms with Crippen LogP contribution in [0.25, 0.3) is 243 Å². The Hall–Kier alpha value is -15.1. The minimum Gasteiger partial charge on any atom is -0.309 e. The van der Waals surface area contributed by atoms with Crippen LogP contribution in [0.4, 0.5) is 0 Å². The predicted molar refractivity (Wildman–Crippen MR) is 480 cm³/mol. The van der Waals surface area contributed by atoms with Gasteiger partial charge in [0.05, 0.1) is 49.8 Å². The van der Waals surface area contributed by atoms with Gasteiger partial charge in [0.15, 0.2) is 0 Å². The van der Waals surface area contributed by atoms with E-state index >= 15 is 0 Å². The Morgan fingerprint density at radius 3 is 1.11 bits per heavy atom. The molecule has 4 aromatic heterocycles. The van der Waals surface area contributed by atoms with Crippen molar-refractivity contribution in [1.82, 2.24) is 18.3 Å². The number of hydrogen-bond acceptors (Lipinski definition) is 0. The average molecular weight is 1440 g/mol. The van der Waals surface area contributed by atoms with Crippen molar-refractivity contribution in [1.29, 1.82) is 0 Å². The van der Waals surface area contributed by atoms with Crippen molar-refractivity contribution in [3.63, 3.8) is 0 Å². The Morgan fingerprint density at radius 2 is 0.474 bits per heavy atom. The van der Waals surface area contributed by atoms with Gasteiger partial charge in [0.25, 0.3) is 0 Å². The summed E-state index contributed by atoms with van der Waals surface area (Å²) in [7, 11) is 0. The van der Waals surface area contributed by atoms with Gasteiger partial charge in [0.2, 0.25) is 0 Å². The summed E-state index contributed by atoms with van der Waals surface area (Å²) in [6.07, 6.45) is 0. The highest BCUT2D eigenvalue weighted by Crippen LogP contribution is 2.57. The molecule has 526 valence electrons. The van der Waals surface area contributed by atoms with Crippen molar-refractivity contribution in [2.24, 2.45) is 0 Å². The van der Waals surface area contributed by atoms with Gasteiger partial charge in [0.1, 0.15) is 0 Å². The molecule has 4 heteroatoms. The summed E-state index contributed by atoms with van der Waals surface area (Å²) in [5.41, 5.74) is 38.7. The molecular formula is C110H66N4. The van der Waals surface area contributed by atoms with Crippen molar-refractivity contribution in [2.45, 2.75) is 0 Å². The number of nitrogens with zero attached hydrogens (tertiary/aromatic N) is 4. The van der Waals surface area contributed by atoms with Crippen LogP contribution in [0.1, 0.15) is 0 Å². The van der Waals surface area contributed by atoms with Crippen LogP contribution in [0.3, 0.4) is 0 Å². The highest BCUT2D eigenvalue weighted by molar-refractivity contribution is 6.25. The minimum absolute atomic E-state index is 1.11. The molecule has 0 radical (unpaired) electrons. The number of aromatic nitrogens is 4. The molecule has 25 rings (SSSR count). The Kier molecular flexibility index (Phi) is 13.3. The summed E-state index contributed by atoms with van der Waals surface area (Å²) >= 11 is 0. The molecular weight excluding hydrogens is 1380 g/mol. The van der Waals surface area contributed by atoms with E-state index in [1.165, 1.54) is 215 Å². The van der Waals surface area contributed by atoms with Crippen molar-refractivity contribution in [3.8, 4) is 134 Å². The lowest BCUT2D eigenvalue weighted by Gasteiger charge is -2.16. The highest BCUT2D eigenvalue weighted by atomic mass is 15.0. The van der Waals surface area contributed by atoms with Crippen LogP contribution in [0, 0.1) is 0 Å². The van der Waals surface area contributed by atoms with Gasteiger partial charge in [-0.05, 0) is 243 Å². The Balaban J connectivity index is 0.571. The molecule has 0 atom stereocenters. The first-order chi connectivity index (χ1) is 56.6. The minimum atomic E-state index is 1.11. The van der Waals surface area contributed by atoms with E-state index in [2.05, 4.69) is 419 Å². The number of para-hydroxylation sites is 5. The van der Waals surface area contributed by atoms with E-state index in [1.54, 1.807) is 0 Å². The van der Waals surface area contributed by atoms with E-state index in [9.17, 15) is 0 Å². The first kappa shape index (κ1) is 62.8. The van der Waals surface area contributed by atoms with Gasteiger partial charge < -0.3 is 18.3 Å². The Labute approximate surface area is 657 Å². The van der Waals surface area contributed by atoms with Crippen LogP contribution < -0.4 is 0 Å². The summed E-state index contributed by atoms with van der Waals surface area (Å²) in [5.74, 6) is 0. The molecule has 0 unspecified atom stereocenters. The molecule has 0 amide bonds. The topological polar surface area (TPSA) is 19.7 Å². The summed E-state index contributed by atoms with van der Waals surface area (Å²) in [5, 5.41) is 15.0. The molecule has 19 aromatic carbocycles. The summed E-state index contributed by atoms with van der Waals surface area (Å²) < 4.78 is 9.82. The standard InChI is InChI=1S/C110H66N4/c1-3-21-67(22-4-1)80-53-54-81(110-93-38-20-37-92-102(60-56-94(108(92)93)109(80)110)114-101-42-16-12-34-87(101)97-64-72(48-59-105(97)114)71-46-57-103-95(63-71)85-32-10-14-40-99(85)111(103)76-26-5-2-6-27-76)75-25-17-23-69(61-75)70-24-18-28-78(62-70)113-98-39-13-9-31-84(98)88-51-45-74(66-106(88)113)73-47-58-104-96(65-73)86-33-11-15-41-100(86)112(104)77-49-43-68(44-50-77)79-52-55-91-83-30-8-7-29-82(83)90-36-19-35-89(79)107(90)91/h1-66H. The molecule has 0 N–H and O–H groups in total. The molecule has 4 nitrogen and oxygen atoms in total. The second-order valence-electron chi connectivity index (χ2n) is 30.9. The van der Waals surface area contributed by atoms with Gasteiger partial charge in [-0.3, -0.25) is 0 Å². The first-order valence-corrected chi connectivity index (χ1v) is 39.5. The third-order valence-corrected chi connectivity index (χ3v) is 25.1. The highest BCUT2D eigenvalue weighted by Gasteiger charge is 2.31. The molecule has 0 bridgehead atoms. The number of fused-ring (bicyclic) bond motifs is 18. The van der Waals surface area contributed by atoms with Crippen LogP contribution in [-0.4, -0.2) is 18.3 Å². The zero-order valence-corrected chi connectivity index (χ0v) is 61.9. The molecule has 2 aliphatic rings. The third kappa shape index (κ3) is 9.10. The number of benzene rings is 19. The van der Waals surface area contributed by atoms with Crippen LogP contribution in [0.15, 0.2) is 400 Å². The van der Waals surface area contributed by atoms with E-state index in [-0.39, 0.29) is 0 Å². The van der Waals surface area contributed by atoms with E-state index in [0.717, 1.165) is 28.2 Å². The smallest absolute Gasteiger partial charge is 0.0547 e. The lowest BCUT2D eigenvalue weighted by Crippen LogP contribution is -1.96. The molecule has 23 aromatic rings. The molecule has 0 saturated heterocycles. The molecule has 4 heterocycles. The van der Waals surface area contributed by atoms with Crippen LogP contribution in [0.2, 0.25) is 0 Å². The quantitative estimate of drug-likeness (QED) is 0.130.